The molecular weight excluding hydrogens is 286 g/mol. The maximum atomic E-state index is 11.5. The van der Waals surface area contributed by atoms with Gasteiger partial charge in [-0.25, -0.2) is 13.4 Å². The van der Waals surface area contributed by atoms with Gasteiger partial charge in [-0.2, -0.15) is 0 Å². The Morgan fingerprint density at radius 3 is 2.33 bits per heavy atom. The summed E-state index contributed by atoms with van der Waals surface area (Å²) in [5.74, 6) is 0.886. The molecule has 0 aliphatic carbocycles. The Bertz CT molecular complexity index is 736. The van der Waals surface area contributed by atoms with Crippen molar-refractivity contribution in [3.05, 3.63) is 36.7 Å². The van der Waals surface area contributed by atoms with Crippen molar-refractivity contribution < 1.29 is 8.42 Å². The predicted molar refractivity (Wildman–Crippen MR) is 82.0 cm³/mol. The molecule has 3 rings (SSSR count). The SMILES string of the molecule is CS(=O)(=O)c1ccc(-c2cncc(N3CCCC3)n2)cc1. The van der Waals surface area contributed by atoms with E-state index in [0.29, 0.717) is 4.90 Å². The first kappa shape index (κ1) is 14.0. The molecule has 2 aromatic rings. The van der Waals surface area contributed by atoms with Crippen molar-refractivity contribution in [3.63, 3.8) is 0 Å². The smallest absolute Gasteiger partial charge is 0.175 e. The lowest BCUT2D eigenvalue weighted by atomic mass is 10.2. The molecule has 1 aliphatic heterocycles. The summed E-state index contributed by atoms with van der Waals surface area (Å²) in [4.78, 5) is 11.4. The predicted octanol–water partition coefficient (Wildman–Crippen LogP) is 2.15. The van der Waals surface area contributed by atoms with Gasteiger partial charge >= 0.3 is 0 Å². The third kappa shape index (κ3) is 3.05. The number of hydrogen-bond donors (Lipinski definition) is 0. The zero-order valence-corrected chi connectivity index (χ0v) is 12.7. The Balaban J connectivity index is 1.91. The molecule has 0 bridgehead atoms. The number of aromatic nitrogens is 2. The fourth-order valence-electron chi connectivity index (χ4n) is 2.47. The molecule has 2 heterocycles. The second-order valence-corrected chi connectivity index (χ2v) is 7.27. The van der Waals surface area contributed by atoms with Gasteiger partial charge < -0.3 is 4.90 Å². The second kappa shape index (κ2) is 5.44. The molecule has 1 saturated heterocycles. The molecular formula is C15H17N3O2S. The van der Waals surface area contributed by atoms with Crippen LogP contribution in [0.4, 0.5) is 5.82 Å². The number of benzene rings is 1. The highest BCUT2D eigenvalue weighted by atomic mass is 32.2. The van der Waals surface area contributed by atoms with Gasteiger partial charge in [-0.1, -0.05) is 12.1 Å². The fourth-order valence-corrected chi connectivity index (χ4v) is 3.10. The normalized spacial score (nSPS) is 15.4. The van der Waals surface area contributed by atoms with Crippen LogP contribution < -0.4 is 4.90 Å². The van der Waals surface area contributed by atoms with E-state index < -0.39 is 9.84 Å². The minimum atomic E-state index is -3.17. The quantitative estimate of drug-likeness (QED) is 0.869. The minimum Gasteiger partial charge on any atom is -0.355 e. The molecule has 1 fully saturated rings. The highest BCUT2D eigenvalue weighted by Crippen LogP contribution is 2.23. The summed E-state index contributed by atoms with van der Waals surface area (Å²) in [5, 5.41) is 0. The maximum absolute atomic E-state index is 11.5. The molecule has 1 aromatic heterocycles. The van der Waals surface area contributed by atoms with E-state index >= 15 is 0 Å². The number of hydrogen-bond acceptors (Lipinski definition) is 5. The van der Waals surface area contributed by atoms with Crippen molar-refractivity contribution in [1.82, 2.24) is 9.97 Å². The maximum Gasteiger partial charge on any atom is 0.175 e. The monoisotopic (exact) mass is 303 g/mol. The van der Waals surface area contributed by atoms with Crippen LogP contribution in [-0.2, 0) is 9.84 Å². The molecule has 21 heavy (non-hydrogen) atoms. The van der Waals surface area contributed by atoms with Gasteiger partial charge in [0, 0.05) is 24.9 Å². The molecule has 0 radical (unpaired) electrons. The average molecular weight is 303 g/mol. The lowest BCUT2D eigenvalue weighted by Gasteiger charge is -2.16. The van der Waals surface area contributed by atoms with Crippen LogP contribution in [0.2, 0.25) is 0 Å². The number of nitrogens with zero attached hydrogens (tertiary/aromatic N) is 3. The molecule has 0 spiro atoms. The summed E-state index contributed by atoms with van der Waals surface area (Å²) >= 11 is 0. The fraction of sp³-hybridized carbons (Fsp3) is 0.333. The summed E-state index contributed by atoms with van der Waals surface area (Å²) in [6, 6.07) is 6.76. The van der Waals surface area contributed by atoms with E-state index in [1.807, 2.05) is 0 Å². The van der Waals surface area contributed by atoms with Gasteiger partial charge in [0.2, 0.25) is 0 Å². The first-order chi connectivity index (χ1) is 10.0. The summed E-state index contributed by atoms with van der Waals surface area (Å²) in [5.41, 5.74) is 1.63. The van der Waals surface area contributed by atoms with Crippen molar-refractivity contribution in [2.75, 3.05) is 24.2 Å². The molecule has 0 unspecified atom stereocenters. The van der Waals surface area contributed by atoms with Crippen LogP contribution >= 0.6 is 0 Å². The van der Waals surface area contributed by atoms with Crippen molar-refractivity contribution in [2.24, 2.45) is 0 Å². The van der Waals surface area contributed by atoms with Crippen LogP contribution in [0.5, 0.6) is 0 Å². The van der Waals surface area contributed by atoms with Gasteiger partial charge in [0.15, 0.2) is 9.84 Å². The minimum absolute atomic E-state index is 0.315. The van der Waals surface area contributed by atoms with E-state index in [9.17, 15) is 8.42 Å². The van der Waals surface area contributed by atoms with Crippen LogP contribution in [0.25, 0.3) is 11.3 Å². The second-order valence-electron chi connectivity index (χ2n) is 5.25. The van der Waals surface area contributed by atoms with Gasteiger partial charge in [-0.3, -0.25) is 4.98 Å². The molecule has 1 aliphatic rings. The van der Waals surface area contributed by atoms with Crippen LogP contribution in [0.3, 0.4) is 0 Å². The van der Waals surface area contributed by atoms with Crippen LogP contribution in [0, 0.1) is 0 Å². The summed E-state index contributed by atoms with van der Waals surface area (Å²) in [6.07, 6.45) is 7.06. The molecule has 0 saturated carbocycles. The third-order valence-corrected chi connectivity index (χ3v) is 4.76. The first-order valence-corrected chi connectivity index (χ1v) is 8.81. The zero-order chi connectivity index (χ0) is 14.9. The Morgan fingerprint density at radius 1 is 1.05 bits per heavy atom. The standard InChI is InChI=1S/C15H17N3O2S/c1-21(19,20)13-6-4-12(5-7-13)14-10-16-11-15(17-14)18-8-2-3-9-18/h4-7,10-11H,2-3,8-9H2,1H3. The molecule has 1 aromatic carbocycles. The molecule has 6 heteroatoms. The van der Waals surface area contributed by atoms with E-state index in [4.69, 9.17) is 0 Å². The molecule has 0 atom stereocenters. The lowest BCUT2D eigenvalue weighted by molar-refractivity contribution is 0.602. The van der Waals surface area contributed by atoms with Crippen molar-refractivity contribution in [3.8, 4) is 11.3 Å². The summed E-state index contributed by atoms with van der Waals surface area (Å²) in [6.45, 7) is 2.04. The highest BCUT2D eigenvalue weighted by molar-refractivity contribution is 7.90. The molecule has 5 nitrogen and oxygen atoms in total. The number of rotatable bonds is 3. The van der Waals surface area contributed by atoms with Crippen molar-refractivity contribution in [1.29, 1.82) is 0 Å². The Morgan fingerprint density at radius 2 is 1.71 bits per heavy atom. The lowest BCUT2D eigenvalue weighted by Crippen LogP contribution is -2.19. The number of sulfone groups is 1. The number of anilines is 1. The van der Waals surface area contributed by atoms with Gasteiger partial charge in [0.1, 0.15) is 5.82 Å². The summed E-state index contributed by atoms with van der Waals surface area (Å²) in [7, 11) is -3.17. The largest absolute Gasteiger partial charge is 0.355 e. The van der Waals surface area contributed by atoms with Crippen LogP contribution in [-0.4, -0.2) is 37.7 Å². The van der Waals surface area contributed by atoms with Crippen molar-refractivity contribution >= 4 is 15.7 Å². The molecule has 0 amide bonds. The Kier molecular flexibility index (Phi) is 3.63. The van der Waals surface area contributed by atoms with Crippen LogP contribution in [0.15, 0.2) is 41.6 Å². The Hall–Kier alpha value is -1.95. The van der Waals surface area contributed by atoms with E-state index in [2.05, 4.69) is 14.9 Å². The third-order valence-electron chi connectivity index (χ3n) is 3.63. The first-order valence-electron chi connectivity index (χ1n) is 6.91. The van der Waals surface area contributed by atoms with Gasteiger partial charge in [0.25, 0.3) is 0 Å². The van der Waals surface area contributed by atoms with Gasteiger partial charge in [-0.15, -0.1) is 0 Å². The van der Waals surface area contributed by atoms with E-state index in [-0.39, 0.29) is 0 Å². The van der Waals surface area contributed by atoms with E-state index in [0.717, 1.165) is 30.2 Å². The zero-order valence-electron chi connectivity index (χ0n) is 11.9. The van der Waals surface area contributed by atoms with E-state index in [1.165, 1.54) is 19.1 Å². The van der Waals surface area contributed by atoms with Crippen LogP contribution in [0.1, 0.15) is 12.8 Å². The van der Waals surface area contributed by atoms with Crippen molar-refractivity contribution in [2.45, 2.75) is 17.7 Å². The topological polar surface area (TPSA) is 63.2 Å². The average Bonchev–Trinajstić information content (AvgIpc) is 3.01. The van der Waals surface area contributed by atoms with E-state index in [1.54, 1.807) is 36.7 Å². The Labute approximate surface area is 124 Å². The molecule has 0 N–H and O–H groups in total. The van der Waals surface area contributed by atoms with Gasteiger partial charge in [0.05, 0.1) is 23.0 Å². The molecule has 110 valence electrons. The van der Waals surface area contributed by atoms with Gasteiger partial charge in [-0.05, 0) is 25.0 Å². The summed E-state index contributed by atoms with van der Waals surface area (Å²) < 4.78 is 22.9. The highest BCUT2D eigenvalue weighted by Gasteiger charge is 2.14.